The van der Waals surface area contributed by atoms with Crippen LogP contribution in [0.5, 0.6) is 0 Å². The molecule has 21 heavy (non-hydrogen) atoms. The number of halogens is 1. The van der Waals surface area contributed by atoms with Gasteiger partial charge in [-0.05, 0) is 0 Å². The summed E-state index contributed by atoms with van der Waals surface area (Å²) >= 11 is 5.61. The van der Waals surface area contributed by atoms with E-state index in [-0.39, 0.29) is 5.15 Å². The van der Waals surface area contributed by atoms with Gasteiger partial charge in [0.2, 0.25) is 0 Å². The van der Waals surface area contributed by atoms with Gasteiger partial charge < -0.3 is 15.5 Å². The molecule has 1 atom stereocenters. The molecule has 0 aliphatic carbocycles. The van der Waals surface area contributed by atoms with Crippen molar-refractivity contribution in [2.75, 3.05) is 0 Å². The summed E-state index contributed by atoms with van der Waals surface area (Å²) in [5.41, 5.74) is -0.947. The zero-order valence-electron chi connectivity index (χ0n) is 10.1. The molecule has 0 spiro atoms. The van der Waals surface area contributed by atoms with Crippen LogP contribution < -0.4 is 5.32 Å². The van der Waals surface area contributed by atoms with E-state index in [4.69, 9.17) is 21.8 Å². The fourth-order valence-electron chi connectivity index (χ4n) is 1.31. The maximum absolute atomic E-state index is 11.8. The molecule has 1 aromatic rings. The van der Waals surface area contributed by atoms with E-state index in [1.54, 1.807) is 0 Å². The number of pyridine rings is 1. The molecule has 1 amide bonds. The molecule has 0 fully saturated rings. The van der Waals surface area contributed by atoms with E-state index in [0.717, 1.165) is 12.3 Å². The lowest BCUT2D eigenvalue weighted by molar-refractivity contribution is -0.385. The molecule has 10 nitrogen and oxygen atoms in total. The lowest BCUT2D eigenvalue weighted by atomic mass is 10.2. The number of nitrogens with zero attached hydrogens (tertiary/aromatic N) is 2. The standard InChI is InChI=1S/C10H8ClN3O7/c11-8-5(1-4(3-12-8)14(20)21)9(17)13-6(10(18)19)2-7(15)16/h1,3,6H,2H2,(H,13,17)(H,15,16)(H,18,19). The summed E-state index contributed by atoms with van der Waals surface area (Å²) in [5.74, 6) is -4.09. The van der Waals surface area contributed by atoms with E-state index in [1.165, 1.54) is 0 Å². The van der Waals surface area contributed by atoms with Crippen molar-refractivity contribution in [1.82, 2.24) is 10.3 Å². The second kappa shape index (κ2) is 6.61. The fourth-order valence-corrected chi connectivity index (χ4v) is 1.50. The molecule has 0 aliphatic rings. The van der Waals surface area contributed by atoms with Crippen LogP contribution in [0, 0.1) is 10.1 Å². The zero-order chi connectivity index (χ0) is 16.2. The topological polar surface area (TPSA) is 160 Å². The van der Waals surface area contributed by atoms with Crippen molar-refractivity contribution >= 4 is 35.1 Å². The SMILES string of the molecule is O=C(O)CC(NC(=O)c1cc([N+](=O)[O-])cnc1Cl)C(=O)O. The van der Waals surface area contributed by atoms with Crippen molar-refractivity contribution in [3.05, 3.63) is 33.1 Å². The largest absolute Gasteiger partial charge is 0.481 e. The number of carboxylic acid groups (broad SMARTS) is 2. The smallest absolute Gasteiger partial charge is 0.326 e. The van der Waals surface area contributed by atoms with Gasteiger partial charge in [0.15, 0.2) is 0 Å². The third-order valence-electron chi connectivity index (χ3n) is 2.26. The lowest BCUT2D eigenvalue weighted by Gasteiger charge is -2.12. The number of hydrogen-bond acceptors (Lipinski definition) is 6. The first-order valence-electron chi connectivity index (χ1n) is 5.27. The number of aromatic nitrogens is 1. The van der Waals surface area contributed by atoms with Crippen molar-refractivity contribution in [2.24, 2.45) is 0 Å². The highest BCUT2D eigenvalue weighted by Crippen LogP contribution is 2.19. The third kappa shape index (κ3) is 4.38. The zero-order valence-corrected chi connectivity index (χ0v) is 10.9. The number of nitrogens with one attached hydrogen (secondary N) is 1. The molecular formula is C10H8ClN3O7. The summed E-state index contributed by atoms with van der Waals surface area (Å²) in [6.07, 6.45) is -0.0356. The Kier molecular flexibility index (Phi) is 5.13. The predicted octanol–water partition coefficient (Wildman–Crippen LogP) is 0.301. The number of hydrogen-bond donors (Lipinski definition) is 3. The molecule has 112 valence electrons. The molecule has 1 unspecified atom stereocenters. The first-order valence-corrected chi connectivity index (χ1v) is 5.65. The predicted molar refractivity (Wildman–Crippen MR) is 67.0 cm³/mol. The van der Waals surface area contributed by atoms with Gasteiger partial charge in [0, 0.05) is 6.07 Å². The monoisotopic (exact) mass is 317 g/mol. The molecular weight excluding hydrogens is 310 g/mol. The molecule has 1 rings (SSSR count). The molecule has 1 aromatic heterocycles. The molecule has 3 N–H and O–H groups in total. The number of carboxylic acids is 2. The van der Waals surface area contributed by atoms with Crippen LogP contribution in [0.1, 0.15) is 16.8 Å². The van der Waals surface area contributed by atoms with E-state index >= 15 is 0 Å². The second-order valence-corrected chi connectivity index (χ2v) is 4.11. The summed E-state index contributed by atoms with van der Waals surface area (Å²) < 4.78 is 0. The number of rotatable bonds is 6. The first-order chi connectivity index (χ1) is 9.72. The Bertz CT molecular complexity index is 619. The highest BCUT2D eigenvalue weighted by molar-refractivity contribution is 6.32. The Morgan fingerprint density at radius 1 is 1.43 bits per heavy atom. The normalized spacial score (nSPS) is 11.5. The van der Waals surface area contributed by atoms with Gasteiger partial charge in [-0.3, -0.25) is 19.7 Å². The average Bonchev–Trinajstić information content (AvgIpc) is 2.37. The Labute approximate surface area is 121 Å². The van der Waals surface area contributed by atoms with Gasteiger partial charge in [-0.1, -0.05) is 11.6 Å². The van der Waals surface area contributed by atoms with Crippen molar-refractivity contribution in [3.8, 4) is 0 Å². The van der Waals surface area contributed by atoms with Gasteiger partial charge in [0.05, 0.1) is 16.9 Å². The van der Waals surface area contributed by atoms with Gasteiger partial charge in [0.25, 0.3) is 11.6 Å². The van der Waals surface area contributed by atoms with Gasteiger partial charge in [-0.15, -0.1) is 0 Å². The van der Waals surface area contributed by atoms with Crippen molar-refractivity contribution in [3.63, 3.8) is 0 Å². The number of carbonyl (C=O) groups excluding carboxylic acids is 1. The lowest BCUT2D eigenvalue weighted by Crippen LogP contribution is -2.42. The molecule has 0 saturated heterocycles. The average molecular weight is 318 g/mol. The van der Waals surface area contributed by atoms with E-state index in [1.807, 2.05) is 5.32 Å². The fraction of sp³-hybridized carbons (Fsp3) is 0.200. The third-order valence-corrected chi connectivity index (χ3v) is 2.56. The van der Waals surface area contributed by atoms with Crippen molar-refractivity contribution in [2.45, 2.75) is 12.5 Å². The highest BCUT2D eigenvalue weighted by Gasteiger charge is 2.25. The Hall–Kier alpha value is -2.75. The molecule has 0 aromatic carbocycles. The molecule has 0 radical (unpaired) electrons. The van der Waals surface area contributed by atoms with E-state index in [0.29, 0.717) is 0 Å². The number of nitro groups is 1. The second-order valence-electron chi connectivity index (χ2n) is 3.75. The number of carbonyl (C=O) groups is 3. The van der Waals surface area contributed by atoms with Gasteiger partial charge in [-0.25, -0.2) is 9.78 Å². The van der Waals surface area contributed by atoms with Crippen LogP contribution in [0.3, 0.4) is 0 Å². The summed E-state index contributed by atoms with van der Waals surface area (Å²) in [6, 6.07) is -0.894. The maximum Gasteiger partial charge on any atom is 0.326 e. The van der Waals surface area contributed by atoms with Crippen LogP contribution in [0.25, 0.3) is 0 Å². The van der Waals surface area contributed by atoms with Gasteiger partial charge >= 0.3 is 11.9 Å². The van der Waals surface area contributed by atoms with E-state index in [9.17, 15) is 24.5 Å². The van der Waals surface area contributed by atoms with Gasteiger partial charge in [-0.2, -0.15) is 0 Å². The highest BCUT2D eigenvalue weighted by atomic mass is 35.5. The van der Waals surface area contributed by atoms with Crippen LogP contribution in [-0.4, -0.2) is 44.0 Å². The Balaban J connectivity index is 3.02. The van der Waals surface area contributed by atoms with Gasteiger partial charge in [0.1, 0.15) is 17.4 Å². The summed E-state index contributed by atoms with van der Waals surface area (Å²) in [6.45, 7) is 0. The van der Waals surface area contributed by atoms with Crippen molar-refractivity contribution in [1.29, 1.82) is 0 Å². The van der Waals surface area contributed by atoms with Crippen LogP contribution in [-0.2, 0) is 9.59 Å². The minimum atomic E-state index is -1.70. The molecule has 1 heterocycles. The molecule has 0 aliphatic heterocycles. The summed E-state index contributed by atoms with van der Waals surface area (Å²) in [7, 11) is 0. The molecule has 0 bridgehead atoms. The molecule has 11 heteroatoms. The van der Waals surface area contributed by atoms with Crippen LogP contribution in [0.15, 0.2) is 12.3 Å². The van der Waals surface area contributed by atoms with E-state index in [2.05, 4.69) is 4.98 Å². The summed E-state index contributed by atoms with van der Waals surface area (Å²) in [5, 5.41) is 29.4. The van der Waals surface area contributed by atoms with Crippen LogP contribution in [0.4, 0.5) is 5.69 Å². The van der Waals surface area contributed by atoms with Crippen LogP contribution >= 0.6 is 11.6 Å². The minimum Gasteiger partial charge on any atom is -0.481 e. The maximum atomic E-state index is 11.8. The molecule has 0 saturated carbocycles. The number of aliphatic carboxylic acids is 2. The first kappa shape index (κ1) is 16.3. The Morgan fingerprint density at radius 2 is 2.05 bits per heavy atom. The minimum absolute atomic E-state index is 0.377. The summed E-state index contributed by atoms with van der Waals surface area (Å²) in [4.78, 5) is 46.4. The van der Waals surface area contributed by atoms with E-state index < -0.39 is 46.5 Å². The quantitative estimate of drug-likeness (QED) is 0.383. The number of amides is 1. The Morgan fingerprint density at radius 3 is 2.52 bits per heavy atom. The van der Waals surface area contributed by atoms with Crippen LogP contribution in [0.2, 0.25) is 5.15 Å². The van der Waals surface area contributed by atoms with Crippen molar-refractivity contribution < 1.29 is 29.5 Å².